The van der Waals surface area contributed by atoms with Crippen molar-refractivity contribution in [3.05, 3.63) is 82.4 Å². The molecule has 2 aliphatic carbocycles. The van der Waals surface area contributed by atoms with E-state index in [9.17, 15) is 4.79 Å². The molecule has 0 unspecified atom stereocenters. The number of ether oxygens (including phenoxy) is 1. The average molecular weight is 526 g/mol. The molecule has 3 heterocycles. The molecular weight excluding hydrogens is 498 g/mol. The Kier molecular flexibility index (Phi) is 6.02. The van der Waals surface area contributed by atoms with Crippen molar-refractivity contribution < 1.29 is 13.9 Å². The number of fused-ring (bicyclic) bond motifs is 1. The largest absolute Gasteiger partial charge is 0.402 e. The molecule has 1 N–H and O–H groups in total. The van der Waals surface area contributed by atoms with Crippen molar-refractivity contribution in [3.8, 4) is 11.6 Å². The van der Waals surface area contributed by atoms with Crippen molar-refractivity contribution in [2.75, 3.05) is 36.5 Å². The number of Topliss-reactive ketones (excluding diaryl/α,β-unsaturated/α-hetero) is 1. The maximum atomic E-state index is 13.4. The summed E-state index contributed by atoms with van der Waals surface area (Å²) in [6, 6.07) is 17.8. The first kappa shape index (κ1) is 23.3. The maximum absolute atomic E-state index is 13.4. The van der Waals surface area contributed by atoms with Crippen LogP contribution in [0.2, 0.25) is 0 Å². The van der Waals surface area contributed by atoms with Gasteiger partial charge in [-0.2, -0.15) is 0 Å². The third kappa shape index (κ3) is 4.52. The van der Waals surface area contributed by atoms with Crippen LogP contribution in [0.15, 0.2) is 65.1 Å². The Labute approximate surface area is 224 Å². The summed E-state index contributed by atoms with van der Waals surface area (Å²) in [7, 11) is 0. The van der Waals surface area contributed by atoms with Crippen LogP contribution in [0.1, 0.15) is 40.5 Å². The molecule has 7 rings (SSSR count). The van der Waals surface area contributed by atoms with Gasteiger partial charge in [-0.1, -0.05) is 59.7 Å². The van der Waals surface area contributed by atoms with Crippen LogP contribution in [0.25, 0.3) is 17.2 Å². The lowest BCUT2D eigenvalue weighted by atomic mass is 9.94. The molecule has 2 aromatic heterocycles. The maximum Gasteiger partial charge on any atom is 0.316 e. The summed E-state index contributed by atoms with van der Waals surface area (Å²) in [5.74, 6) is 0.941. The monoisotopic (exact) mass is 525 g/mol. The van der Waals surface area contributed by atoms with Crippen LogP contribution in [0.5, 0.6) is 0 Å². The summed E-state index contributed by atoms with van der Waals surface area (Å²) in [5, 5.41) is 14.0. The van der Waals surface area contributed by atoms with Crippen LogP contribution >= 0.6 is 11.3 Å². The van der Waals surface area contributed by atoms with E-state index < -0.39 is 6.04 Å². The van der Waals surface area contributed by atoms with Gasteiger partial charge in [0.05, 0.1) is 18.2 Å². The molecule has 1 saturated heterocycles. The van der Waals surface area contributed by atoms with Gasteiger partial charge in [0, 0.05) is 25.4 Å². The topological polar surface area (TPSA) is 93.4 Å². The third-order valence-corrected chi connectivity index (χ3v) is 8.47. The number of aromatic nitrogens is 3. The Balaban J connectivity index is 1.21. The molecule has 8 nitrogen and oxygen atoms in total. The highest BCUT2D eigenvalue weighted by molar-refractivity contribution is 7.16. The van der Waals surface area contributed by atoms with Gasteiger partial charge in [0.1, 0.15) is 11.0 Å². The molecule has 38 heavy (non-hydrogen) atoms. The number of morpholine rings is 1. The van der Waals surface area contributed by atoms with Gasteiger partial charge in [0.25, 0.3) is 5.89 Å². The van der Waals surface area contributed by atoms with E-state index in [0.29, 0.717) is 31.4 Å². The molecule has 3 aliphatic rings. The molecule has 1 aliphatic heterocycles. The van der Waals surface area contributed by atoms with Crippen molar-refractivity contribution in [2.45, 2.75) is 31.2 Å². The molecule has 1 atom stereocenters. The number of thiazole rings is 1. The van der Waals surface area contributed by atoms with Crippen LogP contribution in [-0.2, 0) is 16.0 Å². The highest BCUT2D eigenvalue weighted by Gasteiger charge is 2.32. The fourth-order valence-electron chi connectivity index (χ4n) is 5.04. The van der Waals surface area contributed by atoms with E-state index in [0.717, 1.165) is 51.1 Å². The number of carbonyl (C=O) groups excluding carboxylic acids is 1. The lowest BCUT2D eigenvalue weighted by molar-refractivity contribution is -0.118. The molecule has 4 aromatic rings. The number of hydrogen-bond donors (Lipinski definition) is 1. The zero-order valence-electron chi connectivity index (χ0n) is 20.8. The molecule has 0 radical (unpaired) electrons. The Morgan fingerprint density at radius 1 is 0.974 bits per heavy atom. The van der Waals surface area contributed by atoms with Gasteiger partial charge < -0.3 is 19.4 Å². The van der Waals surface area contributed by atoms with Crippen LogP contribution in [0.3, 0.4) is 0 Å². The summed E-state index contributed by atoms with van der Waals surface area (Å²) in [6.07, 6.45) is 4.64. The average Bonchev–Trinajstić information content (AvgIpc) is 3.58. The summed E-state index contributed by atoms with van der Waals surface area (Å²) >= 11 is 1.72. The normalized spacial score (nSPS) is 19.6. The second kappa shape index (κ2) is 9.81. The van der Waals surface area contributed by atoms with Gasteiger partial charge in [0.2, 0.25) is 0 Å². The van der Waals surface area contributed by atoms with E-state index in [-0.39, 0.29) is 11.8 Å². The molecule has 0 amide bonds. The minimum absolute atomic E-state index is 0.0433. The summed E-state index contributed by atoms with van der Waals surface area (Å²) in [4.78, 5) is 20.6. The standard InChI is InChI=1S/C29H27N5O3S/c35-24-16-20-8-4-5-9-21(20)22(18-6-2-1-3-7-18)17-23(24)30-29-33-32-26(37-29)25-28(34-12-14-36-15-13-34)38-27(31-25)19-10-11-19/h1-9,17,19,23H,10-16H2,(H,30,33)/t23-/m0/s1. The molecule has 2 fully saturated rings. The zero-order valence-corrected chi connectivity index (χ0v) is 21.6. The minimum Gasteiger partial charge on any atom is -0.402 e. The van der Waals surface area contributed by atoms with Crippen molar-refractivity contribution in [1.82, 2.24) is 15.2 Å². The summed E-state index contributed by atoms with van der Waals surface area (Å²) in [5.41, 5.74) is 4.85. The van der Waals surface area contributed by atoms with Gasteiger partial charge in [-0.05, 0) is 41.2 Å². The van der Waals surface area contributed by atoms with E-state index in [1.807, 2.05) is 42.5 Å². The van der Waals surface area contributed by atoms with Gasteiger partial charge in [-0.3, -0.25) is 4.79 Å². The van der Waals surface area contributed by atoms with Crippen molar-refractivity contribution in [3.63, 3.8) is 0 Å². The van der Waals surface area contributed by atoms with E-state index in [2.05, 4.69) is 38.6 Å². The van der Waals surface area contributed by atoms with Crippen LogP contribution in [0.4, 0.5) is 11.0 Å². The number of ketones is 1. The molecule has 1 saturated carbocycles. The highest BCUT2D eigenvalue weighted by Crippen LogP contribution is 2.47. The minimum atomic E-state index is -0.609. The zero-order chi connectivity index (χ0) is 25.5. The number of rotatable bonds is 6. The predicted molar refractivity (Wildman–Crippen MR) is 146 cm³/mol. The molecule has 0 spiro atoms. The molecule has 2 aromatic carbocycles. The van der Waals surface area contributed by atoms with E-state index in [1.54, 1.807) is 11.3 Å². The highest BCUT2D eigenvalue weighted by atomic mass is 32.1. The Hall–Kier alpha value is -3.82. The van der Waals surface area contributed by atoms with Gasteiger partial charge in [-0.15, -0.1) is 16.4 Å². The fraction of sp³-hybridized carbons (Fsp3) is 0.310. The first-order valence-corrected chi connectivity index (χ1v) is 13.9. The van der Waals surface area contributed by atoms with E-state index in [4.69, 9.17) is 14.1 Å². The molecule has 192 valence electrons. The number of nitrogens with zero attached hydrogens (tertiary/aromatic N) is 4. The van der Waals surface area contributed by atoms with Gasteiger partial charge in [-0.25, -0.2) is 4.98 Å². The van der Waals surface area contributed by atoms with E-state index >= 15 is 0 Å². The number of nitrogens with one attached hydrogen (secondary N) is 1. The molecular formula is C29H27N5O3S. The van der Waals surface area contributed by atoms with Gasteiger partial charge >= 0.3 is 6.01 Å². The molecule has 9 heteroatoms. The first-order valence-electron chi connectivity index (χ1n) is 13.0. The lowest BCUT2D eigenvalue weighted by Crippen LogP contribution is -2.35. The van der Waals surface area contributed by atoms with Crippen LogP contribution < -0.4 is 10.2 Å². The smallest absolute Gasteiger partial charge is 0.316 e. The summed E-state index contributed by atoms with van der Waals surface area (Å²) in [6.45, 7) is 3.00. The fourth-order valence-corrected chi connectivity index (χ4v) is 6.32. The predicted octanol–water partition coefficient (Wildman–Crippen LogP) is 4.94. The second-order valence-corrected chi connectivity index (χ2v) is 10.9. The van der Waals surface area contributed by atoms with Crippen LogP contribution in [-0.4, -0.2) is 53.3 Å². The van der Waals surface area contributed by atoms with E-state index in [1.165, 1.54) is 12.8 Å². The molecule has 0 bridgehead atoms. The lowest BCUT2D eigenvalue weighted by Gasteiger charge is -2.27. The van der Waals surface area contributed by atoms with Gasteiger partial charge in [0.15, 0.2) is 11.5 Å². The quantitative estimate of drug-likeness (QED) is 0.378. The third-order valence-electron chi connectivity index (χ3n) is 7.19. The van der Waals surface area contributed by atoms with Crippen molar-refractivity contribution >= 4 is 33.7 Å². The van der Waals surface area contributed by atoms with Crippen molar-refractivity contribution in [1.29, 1.82) is 0 Å². The number of hydrogen-bond acceptors (Lipinski definition) is 9. The first-order chi connectivity index (χ1) is 18.7. The summed E-state index contributed by atoms with van der Waals surface area (Å²) < 4.78 is 11.6. The number of carbonyl (C=O) groups is 1. The Morgan fingerprint density at radius 2 is 1.76 bits per heavy atom. The SMILES string of the molecule is O=C1Cc2ccccc2C(c2ccccc2)=C[C@@H]1Nc1nnc(-c2nc(C3CC3)sc2N2CCOCC2)o1. The number of anilines is 2. The Bertz CT molecular complexity index is 1500. The number of benzene rings is 2. The van der Waals surface area contributed by atoms with Crippen LogP contribution in [0, 0.1) is 0 Å². The van der Waals surface area contributed by atoms with Crippen molar-refractivity contribution in [2.24, 2.45) is 0 Å². The second-order valence-electron chi connectivity index (χ2n) is 9.86. The Morgan fingerprint density at radius 3 is 2.58 bits per heavy atom.